The molecular weight excluding hydrogens is 214 g/mol. The van der Waals surface area contributed by atoms with Crippen molar-refractivity contribution in [3.05, 3.63) is 0 Å². The molecule has 0 aliphatic carbocycles. The van der Waals surface area contributed by atoms with Crippen LogP contribution in [0.1, 0.15) is 13.3 Å². The highest BCUT2D eigenvalue weighted by atomic mass is 16.3. The Kier molecular flexibility index (Phi) is 16.7. The van der Waals surface area contributed by atoms with Crippen LogP contribution in [0, 0.1) is 0 Å². The highest BCUT2D eigenvalue weighted by Gasteiger charge is 2.00. The lowest BCUT2D eigenvalue weighted by Crippen LogP contribution is -2.32. The smallest absolute Gasteiger partial charge is 0.0558 e. The van der Waals surface area contributed by atoms with Crippen molar-refractivity contribution in [3.63, 3.8) is 0 Å². The molecule has 0 aromatic carbocycles. The minimum absolute atomic E-state index is 0.0694. The standard InChI is InChI=1S/C6H15NO3.C4H10O2/c8-4-1-7(2-5-9)3-6-10;1-4(6)2-3-5/h8-10H,1-6H2;4-6H,2-3H2,1H3. The second-order valence-corrected chi connectivity index (χ2v) is 3.37. The van der Waals surface area contributed by atoms with Gasteiger partial charge in [0.2, 0.25) is 0 Å². The van der Waals surface area contributed by atoms with Gasteiger partial charge in [-0.25, -0.2) is 0 Å². The van der Waals surface area contributed by atoms with Crippen LogP contribution < -0.4 is 0 Å². The van der Waals surface area contributed by atoms with E-state index < -0.39 is 0 Å². The van der Waals surface area contributed by atoms with E-state index >= 15 is 0 Å². The summed E-state index contributed by atoms with van der Waals surface area (Å²) in [5.74, 6) is 0. The second kappa shape index (κ2) is 14.8. The maximum atomic E-state index is 8.48. The van der Waals surface area contributed by atoms with Gasteiger partial charge in [0.15, 0.2) is 0 Å². The lowest BCUT2D eigenvalue weighted by Gasteiger charge is -2.17. The van der Waals surface area contributed by atoms with Crippen LogP contribution in [0.15, 0.2) is 0 Å². The molecule has 0 amide bonds. The van der Waals surface area contributed by atoms with Gasteiger partial charge in [0.05, 0.1) is 25.9 Å². The van der Waals surface area contributed by atoms with Crippen LogP contribution in [0.5, 0.6) is 0 Å². The van der Waals surface area contributed by atoms with E-state index in [0.29, 0.717) is 26.1 Å². The van der Waals surface area contributed by atoms with Gasteiger partial charge in [0.25, 0.3) is 0 Å². The summed E-state index contributed by atoms with van der Waals surface area (Å²) in [5.41, 5.74) is 0. The molecule has 1 atom stereocenters. The topological polar surface area (TPSA) is 104 Å². The first-order valence-electron chi connectivity index (χ1n) is 5.46. The monoisotopic (exact) mass is 239 g/mol. The van der Waals surface area contributed by atoms with Crippen molar-refractivity contribution in [3.8, 4) is 0 Å². The first-order chi connectivity index (χ1) is 7.62. The van der Waals surface area contributed by atoms with Gasteiger partial charge >= 0.3 is 0 Å². The fraction of sp³-hybridized carbons (Fsp3) is 1.00. The first kappa shape index (κ1) is 18.1. The number of rotatable bonds is 8. The summed E-state index contributed by atoms with van der Waals surface area (Å²) in [4.78, 5) is 1.79. The van der Waals surface area contributed by atoms with Crippen molar-refractivity contribution >= 4 is 0 Å². The molecule has 6 nitrogen and oxygen atoms in total. The Morgan fingerprint density at radius 1 is 0.812 bits per heavy atom. The Morgan fingerprint density at radius 2 is 1.19 bits per heavy atom. The Morgan fingerprint density at radius 3 is 1.31 bits per heavy atom. The lowest BCUT2D eigenvalue weighted by molar-refractivity contribution is 0.136. The van der Waals surface area contributed by atoms with Gasteiger partial charge in [-0.1, -0.05) is 0 Å². The molecule has 0 saturated carbocycles. The molecule has 0 aliphatic rings. The summed E-state index contributed by atoms with van der Waals surface area (Å²) >= 11 is 0. The molecule has 0 heterocycles. The van der Waals surface area contributed by atoms with Crippen molar-refractivity contribution in [2.45, 2.75) is 19.4 Å². The Labute approximate surface area is 96.8 Å². The van der Waals surface area contributed by atoms with Crippen LogP contribution in [-0.4, -0.2) is 82.6 Å². The first-order valence-corrected chi connectivity index (χ1v) is 5.46. The number of nitrogens with zero attached hydrogens (tertiary/aromatic N) is 1. The summed E-state index contributed by atoms with van der Waals surface area (Å²) in [5, 5.41) is 41.9. The third-order valence-electron chi connectivity index (χ3n) is 1.80. The summed E-state index contributed by atoms with van der Waals surface area (Å²) in [7, 11) is 0. The molecule has 0 spiro atoms. The maximum Gasteiger partial charge on any atom is 0.0558 e. The van der Waals surface area contributed by atoms with E-state index in [0.717, 1.165) is 0 Å². The zero-order chi connectivity index (χ0) is 12.8. The average molecular weight is 239 g/mol. The summed E-state index contributed by atoms with van der Waals surface area (Å²) in [6.45, 7) is 3.48. The van der Waals surface area contributed by atoms with Gasteiger partial charge in [-0.2, -0.15) is 0 Å². The fourth-order valence-corrected chi connectivity index (χ4v) is 0.947. The quantitative estimate of drug-likeness (QED) is 0.336. The Bertz CT molecular complexity index is 110. The molecule has 0 rings (SSSR count). The second-order valence-electron chi connectivity index (χ2n) is 3.37. The molecule has 0 fully saturated rings. The van der Waals surface area contributed by atoms with E-state index in [1.54, 1.807) is 11.8 Å². The molecule has 1 unspecified atom stereocenters. The summed E-state index contributed by atoms with van der Waals surface area (Å²) < 4.78 is 0. The number of aliphatic hydroxyl groups excluding tert-OH is 5. The third kappa shape index (κ3) is 16.2. The summed E-state index contributed by atoms with van der Waals surface area (Å²) in [6.07, 6.45) is 0.134. The molecule has 0 aliphatic heterocycles. The van der Waals surface area contributed by atoms with Crippen molar-refractivity contribution in [1.29, 1.82) is 0 Å². The average Bonchev–Trinajstić information content (AvgIpc) is 2.19. The zero-order valence-corrected chi connectivity index (χ0v) is 9.92. The molecule has 5 N–H and O–H groups in total. The highest BCUT2D eigenvalue weighted by Crippen LogP contribution is 1.84. The molecule has 16 heavy (non-hydrogen) atoms. The van der Waals surface area contributed by atoms with E-state index in [1.165, 1.54) is 0 Å². The predicted molar refractivity (Wildman–Crippen MR) is 61.1 cm³/mol. The van der Waals surface area contributed by atoms with E-state index in [-0.39, 0.29) is 32.5 Å². The van der Waals surface area contributed by atoms with E-state index in [9.17, 15) is 0 Å². The van der Waals surface area contributed by atoms with Crippen LogP contribution in [0.25, 0.3) is 0 Å². The molecule has 0 bridgehead atoms. The molecule has 0 aromatic heterocycles. The van der Waals surface area contributed by atoms with Crippen molar-refractivity contribution in [1.82, 2.24) is 4.90 Å². The SMILES string of the molecule is CC(O)CCO.OCCN(CCO)CCO. The molecule has 0 saturated heterocycles. The third-order valence-corrected chi connectivity index (χ3v) is 1.80. The largest absolute Gasteiger partial charge is 0.396 e. The van der Waals surface area contributed by atoms with Crippen LogP contribution in [0.4, 0.5) is 0 Å². The van der Waals surface area contributed by atoms with Gasteiger partial charge in [-0.15, -0.1) is 0 Å². The number of aliphatic hydroxyl groups is 5. The van der Waals surface area contributed by atoms with E-state index in [1.807, 2.05) is 0 Å². The normalized spacial score (nSPS) is 12.2. The molecule has 0 radical (unpaired) electrons. The van der Waals surface area contributed by atoms with Crippen molar-refractivity contribution < 1.29 is 25.5 Å². The minimum Gasteiger partial charge on any atom is -0.396 e. The summed E-state index contributed by atoms with van der Waals surface area (Å²) in [6, 6.07) is 0. The number of hydrogen-bond donors (Lipinski definition) is 5. The fourth-order valence-electron chi connectivity index (χ4n) is 0.947. The van der Waals surface area contributed by atoms with Gasteiger partial charge in [0.1, 0.15) is 0 Å². The highest BCUT2D eigenvalue weighted by molar-refractivity contribution is 4.54. The van der Waals surface area contributed by atoms with Gasteiger partial charge in [0, 0.05) is 26.2 Å². The van der Waals surface area contributed by atoms with E-state index in [4.69, 9.17) is 25.5 Å². The predicted octanol–water partition coefficient (Wildman–Crippen LogP) is -1.99. The van der Waals surface area contributed by atoms with Gasteiger partial charge in [-0.05, 0) is 13.3 Å². The molecular formula is C10H25NO5. The molecule has 100 valence electrons. The Balaban J connectivity index is 0. The number of hydrogen-bond acceptors (Lipinski definition) is 6. The van der Waals surface area contributed by atoms with Crippen LogP contribution >= 0.6 is 0 Å². The van der Waals surface area contributed by atoms with Gasteiger partial charge in [-0.3, -0.25) is 4.90 Å². The van der Waals surface area contributed by atoms with Gasteiger partial charge < -0.3 is 25.5 Å². The van der Waals surface area contributed by atoms with E-state index in [2.05, 4.69) is 0 Å². The lowest BCUT2D eigenvalue weighted by atomic mass is 10.3. The van der Waals surface area contributed by atoms with Crippen LogP contribution in [0.2, 0.25) is 0 Å². The molecule has 6 heteroatoms. The Hall–Kier alpha value is -0.240. The minimum atomic E-state index is -0.352. The van der Waals surface area contributed by atoms with Crippen molar-refractivity contribution in [2.24, 2.45) is 0 Å². The zero-order valence-electron chi connectivity index (χ0n) is 9.92. The van der Waals surface area contributed by atoms with Crippen molar-refractivity contribution in [2.75, 3.05) is 46.1 Å². The van der Waals surface area contributed by atoms with Crippen LogP contribution in [0.3, 0.4) is 0 Å². The maximum absolute atomic E-state index is 8.48. The molecule has 0 aromatic rings. The van der Waals surface area contributed by atoms with Crippen LogP contribution in [-0.2, 0) is 0 Å².